The lowest BCUT2D eigenvalue weighted by Gasteiger charge is -2.14. The van der Waals surface area contributed by atoms with Crippen LogP contribution in [0.5, 0.6) is 5.75 Å². The van der Waals surface area contributed by atoms with E-state index in [-0.39, 0.29) is 18.6 Å². The van der Waals surface area contributed by atoms with E-state index in [1.165, 1.54) is 18.4 Å². The van der Waals surface area contributed by atoms with Crippen LogP contribution < -0.4 is 15.8 Å². The van der Waals surface area contributed by atoms with Crippen molar-refractivity contribution in [1.29, 1.82) is 0 Å². The van der Waals surface area contributed by atoms with E-state index in [1.54, 1.807) is 0 Å². The number of nitrogens with two attached hydrogens (primary N) is 1. The molecule has 0 heterocycles. The molecule has 1 fully saturated rings. The summed E-state index contributed by atoms with van der Waals surface area (Å²) in [5, 5.41) is 2.85. The number of para-hydroxylation sites is 1. The fourth-order valence-electron chi connectivity index (χ4n) is 2.72. The Hall–Kier alpha value is -2.33. The van der Waals surface area contributed by atoms with E-state index in [9.17, 15) is 4.79 Å². The van der Waals surface area contributed by atoms with Crippen molar-refractivity contribution >= 4 is 5.91 Å². The quantitative estimate of drug-likeness (QED) is 0.784. The molecule has 1 aliphatic rings. The van der Waals surface area contributed by atoms with Gasteiger partial charge in [0.1, 0.15) is 5.75 Å². The Morgan fingerprint density at radius 1 is 1.12 bits per heavy atom. The van der Waals surface area contributed by atoms with Gasteiger partial charge in [0.05, 0.1) is 0 Å². The molecule has 0 saturated heterocycles. The van der Waals surface area contributed by atoms with Crippen LogP contribution in [-0.2, 0) is 11.2 Å². The van der Waals surface area contributed by atoms with Crippen LogP contribution in [0.15, 0.2) is 54.6 Å². The Bertz CT molecular complexity index is 668. The number of ether oxygens (including phenoxy) is 1. The summed E-state index contributed by atoms with van der Waals surface area (Å²) < 4.78 is 5.73. The molecule has 126 valence electrons. The van der Waals surface area contributed by atoms with Crippen LogP contribution in [-0.4, -0.2) is 25.1 Å². The first-order valence-electron chi connectivity index (χ1n) is 8.49. The molecule has 2 aromatic rings. The van der Waals surface area contributed by atoms with Gasteiger partial charge in [-0.25, -0.2) is 0 Å². The molecule has 4 nitrogen and oxygen atoms in total. The Balaban J connectivity index is 1.52. The van der Waals surface area contributed by atoms with Crippen molar-refractivity contribution in [2.24, 2.45) is 11.7 Å². The van der Waals surface area contributed by atoms with E-state index in [0.717, 1.165) is 17.7 Å². The van der Waals surface area contributed by atoms with Crippen LogP contribution in [0, 0.1) is 5.92 Å². The fraction of sp³-hybridized carbons (Fsp3) is 0.350. The minimum absolute atomic E-state index is 0.0171. The molecular formula is C20H24N2O2. The number of hydrogen-bond donors (Lipinski definition) is 2. The van der Waals surface area contributed by atoms with Gasteiger partial charge in [0, 0.05) is 19.0 Å². The van der Waals surface area contributed by atoms with Crippen molar-refractivity contribution in [1.82, 2.24) is 5.32 Å². The maximum Gasteiger partial charge on any atom is 0.257 e. The third-order valence-corrected chi connectivity index (χ3v) is 4.33. The highest BCUT2D eigenvalue weighted by Crippen LogP contribution is 2.31. The summed E-state index contributed by atoms with van der Waals surface area (Å²) in [4.78, 5) is 11.9. The highest BCUT2D eigenvalue weighted by atomic mass is 16.5. The summed E-state index contributed by atoms with van der Waals surface area (Å²) in [6, 6.07) is 18.1. The minimum Gasteiger partial charge on any atom is -0.483 e. The van der Waals surface area contributed by atoms with Crippen molar-refractivity contribution < 1.29 is 9.53 Å². The Morgan fingerprint density at radius 2 is 1.83 bits per heavy atom. The lowest BCUT2D eigenvalue weighted by atomic mass is 10.0. The topological polar surface area (TPSA) is 64.3 Å². The standard InChI is InChI=1S/C20H24N2O2/c21-18(16-10-11-16)13-22-20(23)14-24-19-9-5-4-8-17(19)12-15-6-2-1-3-7-15/h1-9,16,18H,10-14,21H2,(H,22,23). The van der Waals surface area contributed by atoms with E-state index in [4.69, 9.17) is 10.5 Å². The summed E-state index contributed by atoms with van der Waals surface area (Å²) in [6.07, 6.45) is 3.14. The summed E-state index contributed by atoms with van der Waals surface area (Å²) in [5.41, 5.74) is 8.28. The van der Waals surface area contributed by atoms with E-state index in [0.29, 0.717) is 12.5 Å². The monoisotopic (exact) mass is 324 g/mol. The van der Waals surface area contributed by atoms with Crippen LogP contribution in [0.1, 0.15) is 24.0 Å². The van der Waals surface area contributed by atoms with Crippen molar-refractivity contribution in [3.05, 3.63) is 65.7 Å². The van der Waals surface area contributed by atoms with Gasteiger partial charge in [-0.3, -0.25) is 4.79 Å². The van der Waals surface area contributed by atoms with Crippen LogP contribution in [0.2, 0.25) is 0 Å². The molecule has 3 rings (SSSR count). The molecule has 0 spiro atoms. The zero-order valence-electron chi connectivity index (χ0n) is 13.8. The zero-order valence-corrected chi connectivity index (χ0v) is 13.8. The lowest BCUT2D eigenvalue weighted by molar-refractivity contribution is -0.123. The largest absolute Gasteiger partial charge is 0.483 e. The normalized spacial score (nSPS) is 14.9. The van der Waals surface area contributed by atoms with Crippen LogP contribution in [0.25, 0.3) is 0 Å². The first-order valence-corrected chi connectivity index (χ1v) is 8.49. The van der Waals surface area contributed by atoms with Gasteiger partial charge in [-0.15, -0.1) is 0 Å². The van der Waals surface area contributed by atoms with E-state index >= 15 is 0 Å². The molecule has 3 N–H and O–H groups in total. The summed E-state index contributed by atoms with van der Waals surface area (Å²) >= 11 is 0. The van der Waals surface area contributed by atoms with Crippen molar-refractivity contribution in [2.75, 3.05) is 13.2 Å². The second-order valence-electron chi connectivity index (χ2n) is 6.36. The third-order valence-electron chi connectivity index (χ3n) is 4.33. The van der Waals surface area contributed by atoms with Crippen LogP contribution in [0.3, 0.4) is 0 Å². The number of benzene rings is 2. The lowest BCUT2D eigenvalue weighted by Crippen LogP contribution is -2.40. The highest BCUT2D eigenvalue weighted by molar-refractivity contribution is 5.77. The molecule has 0 bridgehead atoms. The molecular weight excluding hydrogens is 300 g/mol. The van der Waals surface area contributed by atoms with Gasteiger partial charge >= 0.3 is 0 Å². The van der Waals surface area contributed by atoms with E-state index < -0.39 is 0 Å². The van der Waals surface area contributed by atoms with Gasteiger partial charge in [0.15, 0.2) is 6.61 Å². The minimum atomic E-state index is -0.124. The summed E-state index contributed by atoms with van der Waals surface area (Å²) in [7, 11) is 0. The average Bonchev–Trinajstić information content (AvgIpc) is 3.45. The predicted octanol–water partition coefficient (Wildman–Crippen LogP) is 2.51. The molecule has 0 radical (unpaired) electrons. The van der Waals surface area contributed by atoms with Gasteiger partial charge in [-0.05, 0) is 36.0 Å². The smallest absolute Gasteiger partial charge is 0.257 e. The second-order valence-corrected chi connectivity index (χ2v) is 6.36. The van der Waals surface area contributed by atoms with Gasteiger partial charge in [-0.2, -0.15) is 0 Å². The average molecular weight is 324 g/mol. The molecule has 1 aliphatic carbocycles. The first-order chi connectivity index (χ1) is 11.7. The predicted molar refractivity (Wildman–Crippen MR) is 94.9 cm³/mol. The SMILES string of the molecule is NC(CNC(=O)COc1ccccc1Cc1ccccc1)C1CC1. The molecule has 1 unspecified atom stereocenters. The Morgan fingerprint density at radius 3 is 2.58 bits per heavy atom. The number of rotatable bonds is 8. The number of hydrogen-bond acceptors (Lipinski definition) is 3. The number of carbonyl (C=O) groups excluding carboxylic acids is 1. The number of nitrogens with one attached hydrogen (secondary N) is 1. The van der Waals surface area contributed by atoms with Gasteiger partial charge in [0.25, 0.3) is 5.91 Å². The van der Waals surface area contributed by atoms with Gasteiger partial charge < -0.3 is 15.8 Å². The highest BCUT2D eigenvalue weighted by Gasteiger charge is 2.28. The summed E-state index contributed by atoms with van der Waals surface area (Å²) in [6.45, 7) is 0.543. The maximum atomic E-state index is 11.9. The van der Waals surface area contributed by atoms with Crippen molar-refractivity contribution in [2.45, 2.75) is 25.3 Å². The maximum absolute atomic E-state index is 11.9. The third kappa shape index (κ3) is 4.83. The molecule has 2 aromatic carbocycles. The fourth-order valence-corrected chi connectivity index (χ4v) is 2.72. The molecule has 1 saturated carbocycles. The molecule has 1 atom stereocenters. The number of amides is 1. The second kappa shape index (κ2) is 7.97. The molecule has 4 heteroatoms. The summed E-state index contributed by atoms with van der Waals surface area (Å²) in [5.74, 6) is 1.21. The van der Waals surface area contributed by atoms with E-state index in [1.807, 2.05) is 42.5 Å². The van der Waals surface area contributed by atoms with Gasteiger partial charge in [0.2, 0.25) is 0 Å². The zero-order chi connectivity index (χ0) is 16.8. The van der Waals surface area contributed by atoms with E-state index in [2.05, 4.69) is 17.4 Å². The van der Waals surface area contributed by atoms with Crippen LogP contribution in [0.4, 0.5) is 0 Å². The first kappa shape index (κ1) is 16.5. The molecule has 1 amide bonds. The molecule has 24 heavy (non-hydrogen) atoms. The van der Waals surface area contributed by atoms with Crippen molar-refractivity contribution in [3.8, 4) is 5.75 Å². The Kier molecular flexibility index (Phi) is 5.49. The van der Waals surface area contributed by atoms with Crippen LogP contribution >= 0.6 is 0 Å². The molecule has 0 aromatic heterocycles. The van der Waals surface area contributed by atoms with Crippen molar-refractivity contribution in [3.63, 3.8) is 0 Å². The number of carbonyl (C=O) groups is 1. The Labute approximate surface area is 143 Å². The molecule has 0 aliphatic heterocycles. The van der Waals surface area contributed by atoms with Gasteiger partial charge in [-0.1, -0.05) is 48.5 Å².